The third-order valence-corrected chi connectivity index (χ3v) is 3.06. The van der Waals surface area contributed by atoms with Crippen molar-refractivity contribution < 1.29 is 14.2 Å². The predicted octanol–water partition coefficient (Wildman–Crippen LogP) is 1.45. The lowest BCUT2D eigenvalue weighted by Gasteiger charge is -2.16. The van der Waals surface area contributed by atoms with Gasteiger partial charge in [-0.1, -0.05) is 6.92 Å². The number of aryl methyl sites for hydroxylation is 1. The van der Waals surface area contributed by atoms with Gasteiger partial charge in [0.15, 0.2) is 11.4 Å². The molecule has 1 unspecified atom stereocenters. The molecule has 7 heteroatoms. The highest BCUT2D eigenvalue weighted by Crippen LogP contribution is 2.23. The summed E-state index contributed by atoms with van der Waals surface area (Å²) < 4.78 is 16.7. The van der Waals surface area contributed by atoms with E-state index in [1.165, 1.54) is 0 Å². The zero-order valence-electron chi connectivity index (χ0n) is 11.8. The van der Waals surface area contributed by atoms with E-state index in [-0.39, 0.29) is 6.10 Å². The molecule has 1 atom stereocenters. The van der Waals surface area contributed by atoms with Crippen molar-refractivity contribution in [3.8, 4) is 6.01 Å². The number of fused-ring (bicyclic) bond motifs is 1. The monoisotopic (exact) mass is 278 g/mol. The number of hydrogen-bond acceptors (Lipinski definition) is 6. The molecule has 1 N–H and O–H groups in total. The Morgan fingerprint density at radius 1 is 1.45 bits per heavy atom. The fraction of sp³-hybridized carbons (Fsp3) is 0.615. The van der Waals surface area contributed by atoms with Gasteiger partial charge in [-0.2, -0.15) is 4.98 Å². The Hall–Kier alpha value is -1.73. The molecule has 1 aliphatic rings. The van der Waals surface area contributed by atoms with Crippen molar-refractivity contribution in [3.05, 3.63) is 12.0 Å². The first kappa shape index (κ1) is 13.3. The fourth-order valence-corrected chi connectivity index (χ4v) is 2.08. The maximum absolute atomic E-state index is 5.66. The zero-order chi connectivity index (χ0) is 14.2. The Morgan fingerprint density at radius 3 is 3.00 bits per heavy atom. The van der Waals surface area contributed by atoms with Gasteiger partial charge in [0.1, 0.15) is 24.1 Å². The van der Waals surface area contributed by atoms with E-state index in [2.05, 4.69) is 19.9 Å². The minimum Gasteiger partial charge on any atom is -0.462 e. The van der Waals surface area contributed by atoms with Crippen molar-refractivity contribution in [2.24, 2.45) is 0 Å². The van der Waals surface area contributed by atoms with Crippen LogP contribution in [0.5, 0.6) is 6.01 Å². The molecule has 108 valence electrons. The first-order valence-electron chi connectivity index (χ1n) is 6.72. The third-order valence-electron chi connectivity index (χ3n) is 3.06. The number of imidazole rings is 1. The standard InChI is InChI=1S/C13H18N4O3/c1-4-10-14-5-9-11(16-10)17-12(15-9)18-6-8-7-19-13(2,3)20-8/h5,8H,4,6-7H2,1-3H3,(H,14,15,16,17). The van der Waals surface area contributed by atoms with Crippen LogP contribution in [0.15, 0.2) is 6.20 Å². The van der Waals surface area contributed by atoms with Gasteiger partial charge in [0, 0.05) is 6.42 Å². The van der Waals surface area contributed by atoms with Crippen LogP contribution in [-0.2, 0) is 15.9 Å². The van der Waals surface area contributed by atoms with Gasteiger partial charge in [0.05, 0.1) is 12.8 Å². The van der Waals surface area contributed by atoms with Crippen LogP contribution in [0, 0.1) is 0 Å². The SMILES string of the molecule is CCc1ncc2[nH]c(OCC3COC(C)(C)O3)nc2n1. The van der Waals surface area contributed by atoms with E-state index in [9.17, 15) is 0 Å². The van der Waals surface area contributed by atoms with Crippen LogP contribution in [0.2, 0.25) is 0 Å². The molecular weight excluding hydrogens is 260 g/mol. The molecular formula is C13H18N4O3. The highest BCUT2D eigenvalue weighted by Gasteiger charge is 2.33. The molecule has 3 rings (SSSR count). The van der Waals surface area contributed by atoms with Gasteiger partial charge in [0.2, 0.25) is 0 Å². The highest BCUT2D eigenvalue weighted by molar-refractivity contribution is 5.69. The Kier molecular flexibility index (Phi) is 3.31. The summed E-state index contributed by atoms with van der Waals surface area (Å²) in [5, 5.41) is 0. The molecule has 1 aliphatic heterocycles. The van der Waals surface area contributed by atoms with Crippen molar-refractivity contribution in [1.82, 2.24) is 19.9 Å². The number of hydrogen-bond donors (Lipinski definition) is 1. The van der Waals surface area contributed by atoms with Gasteiger partial charge >= 0.3 is 0 Å². The van der Waals surface area contributed by atoms with E-state index < -0.39 is 5.79 Å². The van der Waals surface area contributed by atoms with Crippen molar-refractivity contribution in [1.29, 1.82) is 0 Å². The summed E-state index contributed by atoms with van der Waals surface area (Å²) in [5.41, 5.74) is 1.39. The second-order valence-electron chi connectivity index (χ2n) is 5.18. The summed E-state index contributed by atoms with van der Waals surface area (Å²) >= 11 is 0. The lowest BCUT2D eigenvalue weighted by molar-refractivity contribution is -0.141. The van der Waals surface area contributed by atoms with Gasteiger partial charge in [-0.15, -0.1) is 0 Å². The number of aromatic amines is 1. The molecule has 1 saturated heterocycles. The molecule has 0 saturated carbocycles. The van der Waals surface area contributed by atoms with Gasteiger partial charge in [-0.25, -0.2) is 9.97 Å². The summed E-state index contributed by atoms with van der Waals surface area (Å²) in [5.74, 6) is 0.230. The van der Waals surface area contributed by atoms with Crippen LogP contribution in [0.3, 0.4) is 0 Å². The van der Waals surface area contributed by atoms with Crippen LogP contribution >= 0.6 is 0 Å². The van der Waals surface area contributed by atoms with E-state index in [0.717, 1.165) is 17.8 Å². The van der Waals surface area contributed by atoms with Gasteiger partial charge < -0.3 is 19.2 Å². The second-order valence-corrected chi connectivity index (χ2v) is 5.18. The first-order valence-corrected chi connectivity index (χ1v) is 6.72. The first-order chi connectivity index (χ1) is 9.55. The second kappa shape index (κ2) is 4.99. The number of ether oxygens (including phenoxy) is 3. The molecule has 0 aromatic carbocycles. The van der Waals surface area contributed by atoms with Crippen molar-refractivity contribution in [2.75, 3.05) is 13.2 Å². The van der Waals surface area contributed by atoms with E-state index in [0.29, 0.717) is 24.9 Å². The van der Waals surface area contributed by atoms with Crippen molar-refractivity contribution in [3.63, 3.8) is 0 Å². The van der Waals surface area contributed by atoms with Crippen molar-refractivity contribution >= 4 is 11.2 Å². The Labute approximate surface area is 116 Å². The number of nitrogens with one attached hydrogen (secondary N) is 1. The quantitative estimate of drug-likeness (QED) is 0.911. The van der Waals surface area contributed by atoms with Gasteiger partial charge in [-0.3, -0.25) is 0 Å². The van der Waals surface area contributed by atoms with Gasteiger partial charge in [0.25, 0.3) is 6.01 Å². The van der Waals surface area contributed by atoms with Crippen LogP contribution in [0.25, 0.3) is 11.2 Å². The predicted molar refractivity (Wildman–Crippen MR) is 71.5 cm³/mol. The molecule has 0 radical (unpaired) electrons. The lowest BCUT2D eigenvalue weighted by Crippen LogP contribution is -2.25. The smallest absolute Gasteiger partial charge is 0.296 e. The topological polar surface area (TPSA) is 82.2 Å². The lowest BCUT2D eigenvalue weighted by atomic mass is 10.4. The molecule has 7 nitrogen and oxygen atoms in total. The van der Waals surface area contributed by atoms with E-state index in [1.807, 2.05) is 20.8 Å². The molecule has 2 aromatic heterocycles. The molecule has 1 fully saturated rings. The van der Waals surface area contributed by atoms with Crippen LogP contribution in [0.4, 0.5) is 0 Å². The third kappa shape index (κ3) is 2.73. The van der Waals surface area contributed by atoms with Crippen LogP contribution in [0.1, 0.15) is 26.6 Å². The summed E-state index contributed by atoms with van der Waals surface area (Å²) in [6.07, 6.45) is 2.41. The molecule has 0 bridgehead atoms. The Bertz CT molecular complexity index is 611. The molecule has 3 heterocycles. The molecule has 0 spiro atoms. The minimum absolute atomic E-state index is 0.0875. The Morgan fingerprint density at radius 2 is 2.30 bits per heavy atom. The number of H-pyrrole nitrogens is 1. The van der Waals surface area contributed by atoms with Crippen molar-refractivity contribution in [2.45, 2.75) is 39.1 Å². The normalized spacial score (nSPS) is 21.4. The van der Waals surface area contributed by atoms with Crippen LogP contribution < -0.4 is 4.74 Å². The number of aromatic nitrogens is 4. The highest BCUT2D eigenvalue weighted by atomic mass is 16.7. The molecule has 0 amide bonds. The average Bonchev–Trinajstić information content (AvgIpc) is 2.98. The van der Waals surface area contributed by atoms with E-state index >= 15 is 0 Å². The summed E-state index contributed by atoms with van der Waals surface area (Å²) in [6.45, 7) is 6.68. The summed E-state index contributed by atoms with van der Waals surface area (Å²) in [6, 6.07) is 0.427. The minimum atomic E-state index is -0.538. The average molecular weight is 278 g/mol. The maximum atomic E-state index is 5.66. The summed E-state index contributed by atoms with van der Waals surface area (Å²) in [7, 11) is 0. The molecule has 2 aromatic rings. The number of nitrogens with zero attached hydrogens (tertiary/aromatic N) is 3. The van der Waals surface area contributed by atoms with Gasteiger partial charge in [-0.05, 0) is 13.8 Å². The molecule has 20 heavy (non-hydrogen) atoms. The zero-order valence-corrected chi connectivity index (χ0v) is 11.8. The number of rotatable bonds is 4. The van der Waals surface area contributed by atoms with E-state index in [4.69, 9.17) is 14.2 Å². The molecule has 0 aliphatic carbocycles. The largest absolute Gasteiger partial charge is 0.462 e. The maximum Gasteiger partial charge on any atom is 0.296 e. The van der Waals surface area contributed by atoms with E-state index in [1.54, 1.807) is 6.20 Å². The fourth-order valence-electron chi connectivity index (χ4n) is 2.08. The Balaban J connectivity index is 1.66. The van der Waals surface area contributed by atoms with Crippen LogP contribution in [-0.4, -0.2) is 45.0 Å². The summed E-state index contributed by atoms with van der Waals surface area (Å²) in [4.78, 5) is 15.9.